The molecule has 108 valence electrons. The van der Waals surface area contributed by atoms with Crippen LogP contribution in [0.3, 0.4) is 0 Å². The van der Waals surface area contributed by atoms with Crippen LogP contribution in [0.15, 0.2) is 24.3 Å². The van der Waals surface area contributed by atoms with Crippen molar-refractivity contribution in [2.24, 2.45) is 0 Å². The Morgan fingerprint density at radius 1 is 1.45 bits per heavy atom. The molecule has 0 aliphatic carbocycles. The molecule has 5 nitrogen and oxygen atoms in total. The highest BCUT2D eigenvalue weighted by Gasteiger charge is 2.33. The van der Waals surface area contributed by atoms with Gasteiger partial charge in [0.2, 0.25) is 5.91 Å². The lowest BCUT2D eigenvalue weighted by molar-refractivity contribution is -0.139. The summed E-state index contributed by atoms with van der Waals surface area (Å²) in [4.78, 5) is 25.3. The van der Waals surface area contributed by atoms with E-state index in [0.717, 1.165) is 11.3 Å². The van der Waals surface area contributed by atoms with Crippen molar-refractivity contribution in [2.75, 3.05) is 18.0 Å². The summed E-state index contributed by atoms with van der Waals surface area (Å²) in [5.74, 6) is -1.32. The number of carbonyl (C=O) groups is 2. The minimum Gasteiger partial charge on any atom is -0.481 e. The van der Waals surface area contributed by atoms with Gasteiger partial charge in [-0.3, -0.25) is 9.59 Å². The number of likely N-dealkylation sites (N-methyl/N-ethyl adjacent to an activating group) is 1. The second-order valence-electron chi connectivity index (χ2n) is 5.00. The highest BCUT2D eigenvalue weighted by atomic mass is 16.4. The molecule has 0 fully saturated rings. The maximum atomic E-state index is 12.0. The first-order valence-corrected chi connectivity index (χ1v) is 6.92. The molecule has 1 aromatic carbocycles. The second-order valence-corrected chi connectivity index (χ2v) is 5.00. The molecule has 2 unspecified atom stereocenters. The molecule has 0 spiro atoms. The van der Waals surface area contributed by atoms with E-state index in [9.17, 15) is 14.7 Å². The van der Waals surface area contributed by atoms with E-state index in [1.165, 1.54) is 0 Å². The Kier molecular flexibility index (Phi) is 4.27. The van der Waals surface area contributed by atoms with Crippen LogP contribution in [0.2, 0.25) is 0 Å². The summed E-state index contributed by atoms with van der Waals surface area (Å²) < 4.78 is 0. The Balaban J connectivity index is 2.31. The van der Waals surface area contributed by atoms with Crippen LogP contribution in [0.1, 0.15) is 31.7 Å². The number of hydrogen-bond acceptors (Lipinski definition) is 3. The minimum absolute atomic E-state index is 0.0314. The summed E-state index contributed by atoms with van der Waals surface area (Å²) in [6, 6.07) is 7.14. The van der Waals surface area contributed by atoms with E-state index in [-0.39, 0.29) is 11.9 Å². The number of nitrogens with zero attached hydrogens (tertiary/aromatic N) is 1. The van der Waals surface area contributed by atoms with Crippen LogP contribution in [-0.4, -0.2) is 36.1 Å². The number of rotatable bonds is 4. The Morgan fingerprint density at radius 3 is 2.80 bits per heavy atom. The van der Waals surface area contributed by atoms with E-state index in [0.29, 0.717) is 19.5 Å². The molecule has 0 radical (unpaired) electrons. The molecular formula is C15H20N2O3. The summed E-state index contributed by atoms with van der Waals surface area (Å²) in [5, 5.41) is 12.1. The van der Waals surface area contributed by atoms with Crippen molar-refractivity contribution >= 4 is 17.6 Å². The van der Waals surface area contributed by atoms with Gasteiger partial charge in [-0.15, -0.1) is 0 Å². The van der Waals surface area contributed by atoms with Crippen molar-refractivity contribution < 1.29 is 14.7 Å². The summed E-state index contributed by atoms with van der Waals surface area (Å²) in [5.41, 5.74) is 1.65. The largest absolute Gasteiger partial charge is 0.481 e. The van der Waals surface area contributed by atoms with Gasteiger partial charge in [0.25, 0.3) is 0 Å². The maximum absolute atomic E-state index is 12.0. The smallest absolute Gasteiger partial charge is 0.311 e. The SMILES string of the molecule is CCNC(=O)C(C)N1CCC(C(=O)O)c2ccccc21. The minimum atomic E-state index is -0.803. The van der Waals surface area contributed by atoms with Crippen molar-refractivity contribution in [2.45, 2.75) is 32.2 Å². The number of carboxylic acid groups (broad SMARTS) is 1. The quantitative estimate of drug-likeness (QED) is 0.876. The van der Waals surface area contributed by atoms with E-state index in [4.69, 9.17) is 0 Å². The fourth-order valence-corrected chi connectivity index (χ4v) is 2.71. The second kappa shape index (κ2) is 5.94. The summed E-state index contributed by atoms with van der Waals surface area (Å²) in [7, 11) is 0. The molecule has 1 aliphatic rings. The lowest BCUT2D eigenvalue weighted by atomic mass is 9.89. The van der Waals surface area contributed by atoms with Crippen LogP contribution in [-0.2, 0) is 9.59 Å². The molecule has 0 saturated carbocycles. The first kappa shape index (κ1) is 14.4. The number of fused-ring (bicyclic) bond motifs is 1. The van der Waals surface area contributed by atoms with Crippen LogP contribution in [0, 0.1) is 0 Å². The van der Waals surface area contributed by atoms with Gasteiger partial charge in [-0.25, -0.2) is 0 Å². The Bertz CT molecular complexity index is 516. The van der Waals surface area contributed by atoms with Crippen LogP contribution in [0.25, 0.3) is 0 Å². The molecule has 5 heteroatoms. The number of aliphatic carboxylic acids is 1. The van der Waals surface area contributed by atoms with E-state index >= 15 is 0 Å². The first-order valence-electron chi connectivity index (χ1n) is 6.92. The molecule has 0 bridgehead atoms. The molecule has 2 N–H and O–H groups in total. The highest BCUT2D eigenvalue weighted by molar-refractivity contribution is 5.87. The van der Waals surface area contributed by atoms with Crippen molar-refractivity contribution in [1.82, 2.24) is 5.32 Å². The highest BCUT2D eigenvalue weighted by Crippen LogP contribution is 2.36. The van der Waals surface area contributed by atoms with Crippen LogP contribution in [0.5, 0.6) is 0 Å². The van der Waals surface area contributed by atoms with E-state index < -0.39 is 11.9 Å². The maximum Gasteiger partial charge on any atom is 0.311 e. The fourth-order valence-electron chi connectivity index (χ4n) is 2.71. The van der Waals surface area contributed by atoms with Crippen molar-refractivity contribution in [1.29, 1.82) is 0 Å². The first-order chi connectivity index (χ1) is 9.56. The summed E-state index contributed by atoms with van der Waals surface area (Å²) in [6.45, 7) is 4.90. The predicted molar refractivity (Wildman–Crippen MR) is 76.9 cm³/mol. The average molecular weight is 276 g/mol. The molecular weight excluding hydrogens is 256 g/mol. The molecule has 1 amide bonds. The zero-order valence-electron chi connectivity index (χ0n) is 11.8. The number of anilines is 1. The third kappa shape index (κ3) is 2.61. The zero-order chi connectivity index (χ0) is 14.7. The third-order valence-electron chi connectivity index (χ3n) is 3.78. The number of carbonyl (C=O) groups excluding carboxylic acids is 1. The van der Waals surface area contributed by atoms with Gasteiger partial charge in [0.05, 0.1) is 5.92 Å². The Hall–Kier alpha value is -2.04. The van der Waals surface area contributed by atoms with Gasteiger partial charge in [0, 0.05) is 18.8 Å². The number of hydrogen-bond donors (Lipinski definition) is 2. The number of amides is 1. The number of para-hydroxylation sites is 1. The Morgan fingerprint density at radius 2 is 2.15 bits per heavy atom. The average Bonchev–Trinajstić information content (AvgIpc) is 2.45. The molecule has 1 aliphatic heterocycles. The molecule has 2 atom stereocenters. The van der Waals surface area contributed by atoms with E-state index in [1.54, 1.807) is 0 Å². The molecule has 1 heterocycles. The van der Waals surface area contributed by atoms with Gasteiger partial charge in [0.1, 0.15) is 6.04 Å². The van der Waals surface area contributed by atoms with Crippen LogP contribution < -0.4 is 10.2 Å². The van der Waals surface area contributed by atoms with Crippen molar-refractivity contribution in [3.63, 3.8) is 0 Å². The van der Waals surface area contributed by atoms with Gasteiger partial charge in [-0.1, -0.05) is 18.2 Å². The molecule has 2 rings (SSSR count). The molecule has 0 aromatic heterocycles. The van der Waals surface area contributed by atoms with E-state index in [2.05, 4.69) is 5.32 Å². The van der Waals surface area contributed by atoms with Gasteiger partial charge in [0.15, 0.2) is 0 Å². The predicted octanol–water partition coefficient (Wildman–Crippen LogP) is 1.59. The topological polar surface area (TPSA) is 69.6 Å². The molecule has 20 heavy (non-hydrogen) atoms. The Labute approximate surface area is 118 Å². The van der Waals surface area contributed by atoms with Crippen LogP contribution >= 0.6 is 0 Å². The van der Waals surface area contributed by atoms with Gasteiger partial charge >= 0.3 is 5.97 Å². The van der Waals surface area contributed by atoms with Gasteiger partial charge in [-0.05, 0) is 31.9 Å². The number of carboxylic acids is 1. The zero-order valence-corrected chi connectivity index (χ0v) is 11.8. The van der Waals surface area contributed by atoms with Crippen molar-refractivity contribution in [3.05, 3.63) is 29.8 Å². The lowest BCUT2D eigenvalue weighted by Crippen LogP contribution is -2.48. The molecule has 0 saturated heterocycles. The normalized spacial score (nSPS) is 19.1. The third-order valence-corrected chi connectivity index (χ3v) is 3.78. The summed E-state index contributed by atoms with van der Waals surface area (Å²) >= 11 is 0. The lowest BCUT2D eigenvalue weighted by Gasteiger charge is -2.37. The number of nitrogens with one attached hydrogen (secondary N) is 1. The standard InChI is InChI=1S/C15H20N2O3/c1-3-16-14(18)10(2)17-9-8-12(15(19)20)11-6-4-5-7-13(11)17/h4-7,10,12H,3,8-9H2,1-2H3,(H,16,18)(H,19,20). The molecule has 1 aromatic rings. The van der Waals surface area contributed by atoms with Gasteiger partial charge in [-0.2, -0.15) is 0 Å². The summed E-state index contributed by atoms with van der Waals surface area (Å²) in [6.07, 6.45) is 0.524. The van der Waals surface area contributed by atoms with Crippen LogP contribution in [0.4, 0.5) is 5.69 Å². The monoisotopic (exact) mass is 276 g/mol. The number of benzene rings is 1. The van der Waals surface area contributed by atoms with Crippen molar-refractivity contribution in [3.8, 4) is 0 Å². The van der Waals surface area contributed by atoms with Gasteiger partial charge < -0.3 is 15.3 Å². The fraction of sp³-hybridized carbons (Fsp3) is 0.467. The van der Waals surface area contributed by atoms with E-state index in [1.807, 2.05) is 43.0 Å².